The van der Waals surface area contributed by atoms with E-state index in [1.807, 2.05) is 0 Å². The summed E-state index contributed by atoms with van der Waals surface area (Å²) in [6.45, 7) is 3.98. The highest BCUT2D eigenvalue weighted by Gasteiger charge is 2.29. The molecule has 0 aromatic heterocycles. The summed E-state index contributed by atoms with van der Waals surface area (Å²) in [6.07, 6.45) is -1.22. The monoisotopic (exact) mass is 511 g/mol. The van der Waals surface area contributed by atoms with Gasteiger partial charge in [0, 0.05) is 18.8 Å². The first-order valence-electron chi connectivity index (χ1n) is 10.2. The van der Waals surface area contributed by atoms with Crippen LogP contribution in [0, 0.1) is 6.92 Å². The number of ether oxygens (including phenoxy) is 2. The molecule has 3 N–H and O–H groups in total. The van der Waals surface area contributed by atoms with Gasteiger partial charge < -0.3 is 14.8 Å². The number of morpholine rings is 1. The summed E-state index contributed by atoms with van der Waals surface area (Å²) in [7, 11) is -7.70. The second kappa shape index (κ2) is 10.2. The number of hydrogen-bond donors (Lipinski definition) is 2. The number of benzene rings is 2. The van der Waals surface area contributed by atoms with Gasteiger partial charge in [-0.1, -0.05) is 6.07 Å². The summed E-state index contributed by atoms with van der Waals surface area (Å²) in [5.41, 5.74) is 0.723. The van der Waals surface area contributed by atoms with Gasteiger partial charge in [0.1, 0.15) is 0 Å². The molecule has 2 aromatic rings. The van der Waals surface area contributed by atoms with Gasteiger partial charge in [-0.25, -0.2) is 26.8 Å². The summed E-state index contributed by atoms with van der Waals surface area (Å²) in [6, 6.07) is 9.30. The molecule has 3 rings (SSSR count). The van der Waals surface area contributed by atoms with Gasteiger partial charge >= 0.3 is 5.97 Å². The number of primary sulfonamides is 1. The largest absolute Gasteiger partial charge is 0.449 e. The first-order chi connectivity index (χ1) is 15.9. The second-order valence-electron chi connectivity index (χ2n) is 7.60. The maximum Gasteiger partial charge on any atom is 0.338 e. The zero-order chi connectivity index (χ0) is 25.1. The number of carbonyl (C=O) groups is 2. The molecule has 34 heavy (non-hydrogen) atoms. The van der Waals surface area contributed by atoms with Crippen molar-refractivity contribution >= 4 is 37.6 Å². The average Bonchev–Trinajstić information content (AvgIpc) is 2.79. The summed E-state index contributed by atoms with van der Waals surface area (Å²) in [5.74, 6) is -1.53. The number of hydrogen-bond acceptors (Lipinski definition) is 8. The number of nitrogens with two attached hydrogens (primary N) is 1. The number of rotatable bonds is 7. The Hall–Kier alpha value is -2.84. The molecule has 0 spiro atoms. The lowest BCUT2D eigenvalue weighted by molar-refractivity contribution is -0.123. The van der Waals surface area contributed by atoms with Crippen LogP contribution < -0.4 is 10.5 Å². The highest BCUT2D eigenvalue weighted by atomic mass is 32.2. The number of carbonyl (C=O) groups excluding carboxylic acids is 2. The van der Waals surface area contributed by atoms with Gasteiger partial charge in [-0.15, -0.1) is 0 Å². The maximum absolute atomic E-state index is 13.0. The number of nitrogens with zero attached hydrogens (tertiary/aromatic N) is 1. The van der Waals surface area contributed by atoms with Gasteiger partial charge in [-0.2, -0.15) is 4.31 Å². The van der Waals surface area contributed by atoms with Crippen LogP contribution in [0.3, 0.4) is 0 Å². The smallest absolute Gasteiger partial charge is 0.338 e. The molecule has 0 bridgehead atoms. The fourth-order valence-corrected chi connectivity index (χ4v) is 5.36. The van der Waals surface area contributed by atoms with Crippen molar-refractivity contribution in [3.05, 3.63) is 53.6 Å². The van der Waals surface area contributed by atoms with Crippen molar-refractivity contribution < 1.29 is 35.9 Å². The minimum atomic E-state index is -3.87. The van der Waals surface area contributed by atoms with Crippen LogP contribution in [0.1, 0.15) is 22.8 Å². The van der Waals surface area contributed by atoms with E-state index in [1.165, 1.54) is 53.7 Å². The Balaban J connectivity index is 1.70. The van der Waals surface area contributed by atoms with E-state index in [2.05, 4.69) is 5.32 Å². The van der Waals surface area contributed by atoms with Crippen LogP contribution in [0.5, 0.6) is 0 Å². The van der Waals surface area contributed by atoms with E-state index in [0.29, 0.717) is 5.56 Å². The van der Waals surface area contributed by atoms with E-state index in [1.54, 1.807) is 6.92 Å². The lowest BCUT2D eigenvalue weighted by Gasteiger charge is -2.26. The van der Waals surface area contributed by atoms with E-state index < -0.39 is 38.0 Å². The van der Waals surface area contributed by atoms with Gasteiger partial charge in [0.25, 0.3) is 5.91 Å². The van der Waals surface area contributed by atoms with Crippen molar-refractivity contribution in [3.63, 3.8) is 0 Å². The number of sulfonamides is 2. The Morgan fingerprint density at radius 2 is 1.68 bits per heavy atom. The van der Waals surface area contributed by atoms with Crippen LogP contribution in [0.4, 0.5) is 5.69 Å². The molecule has 184 valence electrons. The molecule has 1 amide bonds. The molecule has 2 aromatic carbocycles. The molecule has 0 aliphatic carbocycles. The average molecular weight is 512 g/mol. The van der Waals surface area contributed by atoms with Gasteiger partial charge in [0.15, 0.2) is 6.10 Å². The topological polar surface area (TPSA) is 162 Å². The number of esters is 1. The molecule has 0 radical (unpaired) electrons. The van der Waals surface area contributed by atoms with Gasteiger partial charge in [0.05, 0.1) is 28.6 Å². The van der Waals surface area contributed by atoms with Crippen LogP contribution in [0.25, 0.3) is 0 Å². The Kier molecular flexibility index (Phi) is 7.73. The fourth-order valence-electron chi connectivity index (χ4n) is 3.18. The molecule has 1 aliphatic rings. The Morgan fingerprint density at radius 3 is 2.26 bits per heavy atom. The molecule has 0 saturated carbocycles. The molecule has 1 saturated heterocycles. The molecule has 11 nitrogen and oxygen atoms in total. The van der Waals surface area contributed by atoms with E-state index in [9.17, 15) is 26.4 Å². The number of aryl methyl sites for hydroxylation is 1. The van der Waals surface area contributed by atoms with Crippen molar-refractivity contribution in [3.8, 4) is 0 Å². The van der Waals surface area contributed by atoms with Crippen molar-refractivity contribution in [1.82, 2.24) is 4.31 Å². The van der Waals surface area contributed by atoms with Crippen molar-refractivity contribution in [1.29, 1.82) is 0 Å². The lowest BCUT2D eigenvalue weighted by Crippen LogP contribution is -2.40. The minimum absolute atomic E-state index is 0.0177. The predicted molar refractivity (Wildman–Crippen MR) is 122 cm³/mol. The van der Waals surface area contributed by atoms with E-state index in [-0.39, 0.29) is 47.3 Å². The van der Waals surface area contributed by atoms with Crippen molar-refractivity contribution in [2.75, 3.05) is 31.6 Å². The number of nitrogens with one attached hydrogen (secondary N) is 1. The fraction of sp³-hybridized carbons (Fsp3) is 0.333. The highest BCUT2D eigenvalue weighted by Crippen LogP contribution is 2.23. The zero-order valence-corrected chi connectivity index (χ0v) is 20.2. The SMILES string of the molecule is Cc1ccc(C(=O)O[C@H](C)C(=O)Nc2ccc(S(N)(=O)=O)cc2)cc1S(=O)(=O)N1CCOCC1. The lowest BCUT2D eigenvalue weighted by atomic mass is 10.1. The maximum atomic E-state index is 13.0. The molecule has 1 aliphatic heterocycles. The van der Waals surface area contributed by atoms with Crippen molar-refractivity contribution in [2.45, 2.75) is 29.7 Å². The minimum Gasteiger partial charge on any atom is -0.449 e. The Bertz CT molecular complexity index is 1290. The second-order valence-corrected chi connectivity index (χ2v) is 11.1. The Labute approximate surface area is 197 Å². The highest BCUT2D eigenvalue weighted by molar-refractivity contribution is 7.89. The number of anilines is 1. The van der Waals surface area contributed by atoms with Gasteiger partial charge in [-0.05, 0) is 55.8 Å². The van der Waals surface area contributed by atoms with Crippen LogP contribution in [0.15, 0.2) is 52.3 Å². The number of amides is 1. The molecule has 1 heterocycles. The van der Waals surface area contributed by atoms with Crippen LogP contribution in [-0.4, -0.2) is 65.4 Å². The normalized spacial score (nSPS) is 16.0. The summed E-state index contributed by atoms with van der Waals surface area (Å²) in [5, 5.41) is 7.54. The third-order valence-corrected chi connectivity index (χ3v) is 8.09. The quantitative estimate of drug-likeness (QED) is 0.517. The molecule has 1 fully saturated rings. The molecule has 1 atom stereocenters. The molecule has 0 unspecified atom stereocenters. The third-order valence-electron chi connectivity index (χ3n) is 5.12. The molecular formula is C21H25N3O8S2. The van der Waals surface area contributed by atoms with Crippen LogP contribution in [0.2, 0.25) is 0 Å². The van der Waals surface area contributed by atoms with E-state index >= 15 is 0 Å². The first-order valence-corrected chi connectivity index (χ1v) is 13.2. The van der Waals surface area contributed by atoms with Crippen LogP contribution in [-0.2, 0) is 34.3 Å². The Morgan fingerprint density at radius 1 is 1.06 bits per heavy atom. The molecule has 13 heteroatoms. The van der Waals surface area contributed by atoms with Gasteiger partial charge in [-0.3, -0.25) is 4.79 Å². The van der Waals surface area contributed by atoms with E-state index in [0.717, 1.165) is 0 Å². The zero-order valence-electron chi connectivity index (χ0n) is 18.6. The van der Waals surface area contributed by atoms with Gasteiger partial charge in [0.2, 0.25) is 20.0 Å². The summed E-state index contributed by atoms with van der Waals surface area (Å²) in [4.78, 5) is 24.9. The predicted octanol–water partition coefficient (Wildman–Crippen LogP) is 0.847. The summed E-state index contributed by atoms with van der Waals surface area (Å²) >= 11 is 0. The van der Waals surface area contributed by atoms with E-state index in [4.69, 9.17) is 14.6 Å². The van der Waals surface area contributed by atoms with Crippen molar-refractivity contribution in [2.24, 2.45) is 5.14 Å². The molecular weight excluding hydrogens is 486 g/mol. The van der Waals surface area contributed by atoms with Crippen LogP contribution >= 0.6 is 0 Å². The summed E-state index contributed by atoms with van der Waals surface area (Å²) < 4.78 is 60.4. The first kappa shape index (κ1) is 25.8. The standard InChI is InChI=1S/C21H25N3O8S2/c1-14-3-4-16(13-19(14)34(29,30)24-9-11-31-12-10-24)21(26)32-15(2)20(25)23-17-5-7-18(8-6-17)33(22,27)28/h3-8,13,15H,9-12H2,1-2H3,(H,23,25)(H2,22,27,28)/t15-/m1/s1. The third kappa shape index (κ3) is 5.98.